The number of oxime groups is 1. The molecule has 2 aromatic rings. The number of carbonyl (C=O) groups excluding carboxylic acids is 5. The molecule has 2 atom stereocenters. The van der Waals surface area contributed by atoms with Gasteiger partial charge in [-0.25, -0.2) is 19.1 Å². The molecule has 5 rings (SSSR count). The van der Waals surface area contributed by atoms with Gasteiger partial charge in [-0.3, -0.25) is 28.9 Å². The van der Waals surface area contributed by atoms with Gasteiger partial charge in [-0.1, -0.05) is 11.2 Å². The number of amides is 3. The maximum absolute atomic E-state index is 13.3. The minimum Gasteiger partial charge on any atom is -0.478 e. The maximum Gasteiger partial charge on any atom is 0.352 e. The summed E-state index contributed by atoms with van der Waals surface area (Å²) in [5.74, 6) is -5.88. The first-order valence-corrected chi connectivity index (χ1v) is 17.8. The van der Waals surface area contributed by atoms with E-state index in [0.29, 0.717) is 11.3 Å². The zero-order chi connectivity index (χ0) is 39.3. The molecule has 1 fully saturated rings. The van der Waals surface area contributed by atoms with Crippen molar-refractivity contribution < 1.29 is 53.2 Å². The summed E-state index contributed by atoms with van der Waals surface area (Å²) >= 11 is 2.22. The first-order valence-electron chi connectivity index (χ1n) is 15.9. The van der Waals surface area contributed by atoms with Crippen molar-refractivity contribution >= 4 is 86.7 Å². The average Bonchev–Trinajstić information content (AvgIpc) is 3.56. The number of aliphatic carboxylic acids is 2. The van der Waals surface area contributed by atoms with E-state index in [-0.39, 0.29) is 60.0 Å². The summed E-state index contributed by atoms with van der Waals surface area (Å²) in [6, 6.07) is -1.14. The molecule has 54 heavy (non-hydrogen) atoms. The molecule has 0 radical (unpaired) electrons. The van der Waals surface area contributed by atoms with Crippen molar-refractivity contribution in [3.05, 3.63) is 58.8 Å². The van der Waals surface area contributed by atoms with E-state index >= 15 is 0 Å². The number of nitrogens with zero attached hydrogens (tertiary/aromatic N) is 5. The van der Waals surface area contributed by atoms with Crippen LogP contribution in [0.2, 0.25) is 0 Å². The minimum atomic E-state index is -1.80. The Balaban J connectivity index is 1.20. The second-order valence-corrected chi connectivity index (χ2v) is 14.1. The van der Waals surface area contributed by atoms with Crippen LogP contribution in [-0.4, -0.2) is 114 Å². The summed E-state index contributed by atoms with van der Waals surface area (Å²) in [5, 5.41) is 34.7. The number of allylic oxidation sites excluding steroid dienone is 3. The molecule has 0 spiro atoms. The molecular weight excluding hydrogens is 751 g/mol. The van der Waals surface area contributed by atoms with Crippen LogP contribution < -0.4 is 37.3 Å². The molecule has 0 aromatic carbocycles. The number of thioether (sulfide) groups is 1. The van der Waals surface area contributed by atoms with Crippen LogP contribution in [0.15, 0.2) is 58.3 Å². The Hall–Kier alpha value is -6.36. The van der Waals surface area contributed by atoms with Crippen molar-refractivity contribution in [2.24, 2.45) is 5.16 Å². The number of Topliss-reactive ketones (excluding diaryl/α,β-unsaturated/α-hetero) is 1. The van der Waals surface area contributed by atoms with Crippen molar-refractivity contribution in [3.8, 4) is 0 Å². The molecule has 0 saturated carbocycles. The number of rotatable bonds is 15. The van der Waals surface area contributed by atoms with E-state index in [2.05, 4.69) is 36.4 Å². The van der Waals surface area contributed by atoms with E-state index in [0.717, 1.165) is 22.3 Å². The molecule has 23 heteroatoms. The number of fused-ring (bicyclic) bond motifs is 1. The lowest BCUT2D eigenvalue weighted by Gasteiger charge is -2.49. The Morgan fingerprint density at radius 3 is 2.63 bits per heavy atom. The predicted octanol–water partition coefficient (Wildman–Crippen LogP) is -2.28. The zero-order valence-electron chi connectivity index (χ0n) is 28.5. The second-order valence-electron chi connectivity index (χ2n) is 12.1. The third-order valence-corrected chi connectivity index (χ3v) is 9.83. The van der Waals surface area contributed by atoms with Gasteiger partial charge >= 0.3 is 11.9 Å². The number of carbonyl (C=O) groups is 7. The van der Waals surface area contributed by atoms with Crippen molar-refractivity contribution in [2.75, 3.05) is 42.2 Å². The molecule has 3 aliphatic heterocycles. The van der Waals surface area contributed by atoms with Gasteiger partial charge in [-0.15, -0.1) is 23.1 Å². The fourth-order valence-electron chi connectivity index (χ4n) is 4.94. The van der Waals surface area contributed by atoms with Crippen LogP contribution in [0.25, 0.3) is 0 Å². The topological polar surface area (TPSA) is 315 Å². The van der Waals surface area contributed by atoms with Crippen LogP contribution in [0, 0.1) is 0 Å². The van der Waals surface area contributed by atoms with Gasteiger partial charge in [0.25, 0.3) is 29.9 Å². The van der Waals surface area contributed by atoms with Gasteiger partial charge in [0.1, 0.15) is 46.9 Å². The fourth-order valence-corrected chi connectivity index (χ4v) is 6.81. The van der Waals surface area contributed by atoms with Gasteiger partial charge < -0.3 is 47.8 Å². The van der Waals surface area contributed by atoms with Gasteiger partial charge in [-0.2, -0.15) is 0 Å². The highest BCUT2D eigenvalue weighted by Gasteiger charge is 2.54. The lowest BCUT2D eigenvalue weighted by atomic mass is 10.0. The van der Waals surface area contributed by atoms with Gasteiger partial charge in [0, 0.05) is 30.3 Å². The fraction of sp³-hybridized carbons (Fsp3) is 0.323. The lowest BCUT2D eigenvalue weighted by Crippen LogP contribution is -2.71. The van der Waals surface area contributed by atoms with Crippen LogP contribution in [0.3, 0.4) is 0 Å². The van der Waals surface area contributed by atoms with Gasteiger partial charge in [0.2, 0.25) is 17.2 Å². The highest BCUT2D eigenvalue weighted by Crippen LogP contribution is 2.40. The number of hydrogen-bond acceptors (Lipinski definition) is 17. The SMILES string of the molecule is CC(C)(O/N=C(\C(=O)N[C@@H]1C(=O)N2C(C(=O)O)=C(/C=C/C[n+]3cnc(N)c(NCCNC(=O)C4=CC(=O)C(=O)CN4)c3)CS[C@H]12)c1csc(N)n1)C(=O)O. The normalized spacial score (nSPS) is 18.7. The summed E-state index contributed by atoms with van der Waals surface area (Å²) in [5.41, 5.74) is 9.98. The number of aromatic nitrogens is 3. The Labute approximate surface area is 313 Å². The predicted molar refractivity (Wildman–Crippen MR) is 191 cm³/mol. The molecule has 0 bridgehead atoms. The quantitative estimate of drug-likeness (QED) is 0.0236. The van der Waals surface area contributed by atoms with Crippen molar-refractivity contribution in [1.29, 1.82) is 0 Å². The Kier molecular flexibility index (Phi) is 11.6. The summed E-state index contributed by atoms with van der Waals surface area (Å²) in [6.45, 7) is 2.81. The van der Waals surface area contributed by atoms with Gasteiger partial charge in [0.05, 0.1) is 6.54 Å². The number of carboxylic acids is 2. The smallest absolute Gasteiger partial charge is 0.352 e. The highest BCUT2D eigenvalue weighted by atomic mass is 32.2. The number of nitrogens with two attached hydrogens (primary N) is 2. The molecule has 3 aliphatic rings. The number of nitrogen functional groups attached to an aromatic ring is 2. The molecule has 2 aromatic heterocycles. The largest absolute Gasteiger partial charge is 0.478 e. The third-order valence-electron chi connectivity index (χ3n) is 7.86. The first-order chi connectivity index (χ1) is 25.6. The number of ketones is 2. The average molecular weight is 785 g/mol. The molecule has 3 amide bonds. The number of anilines is 3. The Bertz CT molecular complexity index is 2060. The Morgan fingerprint density at radius 1 is 1.20 bits per heavy atom. The molecule has 21 nitrogen and oxygen atoms in total. The second kappa shape index (κ2) is 16.1. The number of thiazole rings is 1. The van der Waals surface area contributed by atoms with Crippen LogP contribution in [-0.2, 0) is 44.9 Å². The van der Waals surface area contributed by atoms with Crippen molar-refractivity contribution in [2.45, 2.75) is 37.4 Å². The molecule has 5 heterocycles. The number of hydrogen-bond donors (Lipinski definition) is 8. The summed E-state index contributed by atoms with van der Waals surface area (Å²) in [6.07, 6.45) is 7.30. The van der Waals surface area contributed by atoms with E-state index in [9.17, 15) is 43.8 Å². The third kappa shape index (κ3) is 8.63. The summed E-state index contributed by atoms with van der Waals surface area (Å²) < 4.78 is 1.66. The van der Waals surface area contributed by atoms with E-state index < -0.39 is 64.0 Å². The minimum absolute atomic E-state index is 0.00722. The van der Waals surface area contributed by atoms with Crippen LogP contribution in [0.5, 0.6) is 0 Å². The molecule has 284 valence electrons. The number of carboxylic acid groups (broad SMARTS) is 2. The summed E-state index contributed by atoms with van der Waals surface area (Å²) in [4.78, 5) is 99.9. The molecule has 0 unspecified atom stereocenters. The maximum atomic E-state index is 13.3. The number of nitrogens with one attached hydrogen (secondary N) is 4. The zero-order valence-corrected chi connectivity index (χ0v) is 30.2. The van der Waals surface area contributed by atoms with E-state index in [1.165, 1.54) is 37.3 Å². The summed E-state index contributed by atoms with van der Waals surface area (Å²) in [7, 11) is 0. The van der Waals surface area contributed by atoms with Crippen molar-refractivity contribution in [3.63, 3.8) is 0 Å². The van der Waals surface area contributed by atoms with E-state index in [1.807, 2.05) is 0 Å². The molecular formula is C31H34N11O10S2+. The lowest BCUT2D eigenvalue weighted by molar-refractivity contribution is -0.689. The van der Waals surface area contributed by atoms with E-state index in [4.69, 9.17) is 16.3 Å². The van der Waals surface area contributed by atoms with Crippen LogP contribution >= 0.6 is 23.1 Å². The Morgan fingerprint density at radius 2 is 1.96 bits per heavy atom. The molecule has 0 aliphatic carbocycles. The highest BCUT2D eigenvalue weighted by molar-refractivity contribution is 8.00. The molecule has 10 N–H and O–H groups in total. The van der Waals surface area contributed by atoms with Gasteiger partial charge in [0.15, 0.2) is 10.8 Å². The monoisotopic (exact) mass is 784 g/mol. The standard InChI is InChI=1S/C31H33N11O10S2/c1-31(2,29(50)51)52-40-20(17-12-54-30(33)38-17)25(46)39-21-26(47)42-22(28(48)49)14(11-53-27(21)42)4-3-7-41-10-16(23(32)37-13-41)34-5-6-35-24(45)15-8-18(43)19(44)9-36-15/h3-4,8,10,12-13,21,27,32,34H,5-7,9,11H2,1-2H3,(H7,33,35,36,38,39,43,45,46,48,49,50,51)/p+1/b4-3+,40-20-/t21-,27-/m1/s1. The first kappa shape index (κ1) is 38.9. The van der Waals surface area contributed by atoms with E-state index in [1.54, 1.807) is 22.9 Å². The van der Waals surface area contributed by atoms with Crippen LogP contribution in [0.4, 0.5) is 16.6 Å². The molecule has 1 saturated heterocycles. The van der Waals surface area contributed by atoms with Crippen molar-refractivity contribution in [1.82, 2.24) is 30.8 Å². The van der Waals surface area contributed by atoms with Gasteiger partial charge in [-0.05, 0) is 30.5 Å². The van der Waals surface area contributed by atoms with Crippen LogP contribution in [0.1, 0.15) is 19.5 Å². The number of β-lactam (4-membered cyclic amide) rings is 1.